The maximum atomic E-state index is 12.5. The fourth-order valence-electron chi connectivity index (χ4n) is 1.58. The van der Waals surface area contributed by atoms with Gasteiger partial charge in [-0.1, -0.05) is 23.4 Å². The van der Waals surface area contributed by atoms with Crippen molar-refractivity contribution in [1.82, 2.24) is 4.98 Å². The van der Waals surface area contributed by atoms with Crippen LogP contribution in [-0.2, 0) is 11.0 Å². The third-order valence-corrected chi connectivity index (χ3v) is 4.89. The molecule has 24 heavy (non-hydrogen) atoms. The number of rotatable bonds is 5. The number of carbonyl (C=O) groups excluding carboxylic acids is 2. The van der Waals surface area contributed by atoms with Crippen LogP contribution in [0.1, 0.15) is 15.9 Å². The van der Waals surface area contributed by atoms with E-state index in [4.69, 9.17) is 17.3 Å². The number of carbonyl (C=O) groups is 2. The largest absolute Gasteiger partial charge is 0.417 e. The number of pyridine rings is 1. The van der Waals surface area contributed by atoms with Crippen molar-refractivity contribution in [2.24, 2.45) is 5.73 Å². The second kappa shape index (κ2) is 7.41. The molecule has 128 valence electrons. The molecule has 0 aliphatic carbocycles. The number of hydrogen-bond acceptors (Lipinski definition) is 5. The van der Waals surface area contributed by atoms with Crippen LogP contribution < -0.4 is 11.1 Å². The second-order valence-electron chi connectivity index (χ2n) is 4.37. The first-order chi connectivity index (χ1) is 11.2. The zero-order valence-corrected chi connectivity index (χ0v) is 14.1. The lowest BCUT2D eigenvalue weighted by atomic mass is 10.3. The van der Waals surface area contributed by atoms with E-state index in [1.165, 1.54) is 6.07 Å². The van der Waals surface area contributed by atoms with Crippen LogP contribution in [0.3, 0.4) is 0 Å². The number of primary amides is 1. The maximum Gasteiger partial charge on any atom is 0.417 e. The van der Waals surface area contributed by atoms with E-state index in [1.54, 1.807) is 5.38 Å². The Bertz CT molecular complexity index is 780. The summed E-state index contributed by atoms with van der Waals surface area (Å²) in [4.78, 5) is 26.6. The van der Waals surface area contributed by atoms with E-state index in [9.17, 15) is 22.8 Å². The molecule has 11 heteroatoms. The zero-order valence-electron chi connectivity index (χ0n) is 11.7. The van der Waals surface area contributed by atoms with E-state index in [0.29, 0.717) is 11.2 Å². The highest BCUT2D eigenvalue weighted by Gasteiger charge is 2.31. The van der Waals surface area contributed by atoms with Crippen molar-refractivity contribution in [2.45, 2.75) is 11.2 Å². The number of thioether (sulfide) groups is 1. The van der Waals surface area contributed by atoms with Crippen LogP contribution in [0.5, 0.6) is 0 Å². The van der Waals surface area contributed by atoms with Crippen molar-refractivity contribution in [1.29, 1.82) is 0 Å². The number of amides is 2. The quantitative estimate of drug-likeness (QED) is 0.757. The van der Waals surface area contributed by atoms with Gasteiger partial charge in [-0.05, 0) is 17.5 Å². The molecule has 2 heterocycles. The van der Waals surface area contributed by atoms with Crippen LogP contribution in [0.2, 0.25) is 5.02 Å². The standard InChI is InChI=1S/C13H9ClF3N3O2S2/c14-8-3-6(13(15,16)17)4-19-12(8)24-5-9(21)20-11-7(10(18)22)1-2-23-11/h1-4H,5H2,(H2,18,22)(H,20,21). The van der Waals surface area contributed by atoms with E-state index >= 15 is 0 Å². The Morgan fingerprint density at radius 1 is 1.42 bits per heavy atom. The Labute approximate surface area is 147 Å². The molecule has 0 saturated heterocycles. The second-order valence-corrected chi connectivity index (χ2v) is 6.66. The zero-order chi connectivity index (χ0) is 17.9. The summed E-state index contributed by atoms with van der Waals surface area (Å²) in [6.07, 6.45) is -3.89. The van der Waals surface area contributed by atoms with Crippen molar-refractivity contribution >= 4 is 51.5 Å². The van der Waals surface area contributed by atoms with E-state index in [-0.39, 0.29) is 21.4 Å². The van der Waals surface area contributed by atoms with Gasteiger partial charge in [0.2, 0.25) is 5.91 Å². The highest BCUT2D eigenvalue weighted by Crippen LogP contribution is 2.33. The monoisotopic (exact) mass is 395 g/mol. The lowest BCUT2D eigenvalue weighted by molar-refractivity contribution is -0.137. The van der Waals surface area contributed by atoms with Gasteiger partial charge in [0.15, 0.2) is 0 Å². The normalized spacial score (nSPS) is 11.3. The number of nitrogens with one attached hydrogen (secondary N) is 1. The smallest absolute Gasteiger partial charge is 0.366 e. The van der Waals surface area contributed by atoms with Crippen molar-refractivity contribution < 1.29 is 22.8 Å². The SMILES string of the molecule is NC(=O)c1ccsc1NC(=O)CSc1ncc(C(F)(F)F)cc1Cl. The number of halogens is 4. The Morgan fingerprint density at radius 3 is 2.71 bits per heavy atom. The number of alkyl halides is 3. The summed E-state index contributed by atoms with van der Waals surface area (Å²) in [7, 11) is 0. The third-order valence-electron chi connectivity index (χ3n) is 2.66. The van der Waals surface area contributed by atoms with Gasteiger partial charge in [-0.2, -0.15) is 13.2 Å². The molecule has 0 fully saturated rings. The highest BCUT2D eigenvalue weighted by molar-refractivity contribution is 8.00. The van der Waals surface area contributed by atoms with Gasteiger partial charge in [0.1, 0.15) is 10.0 Å². The summed E-state index contributed by atoms with van der Waals surface area (Å²) in [5, 5.41) is 4.30. The summed E-state index contributed by atoms with van der Waals surface area (Å²) >= 11 is 7.76. The highest BCUT2D eigenvalue weighted by atomic mass is 35.5. The van der Waals surface area contributed by atoms with Crippen LogP contribution in [-0.4, -0.2) is 22.6 Å². The lowest BCUT2D eigenvalue weighted by Gasteiger charge is -2.09. The molecule has 0 atom stereocenters. The topological polar surface area (TPSA) is 85.1 Å². The predicted molar refractivity (Wildman–Crippen MR) is 86.4 cm³/mol. The molecule has 0 bridgehead atoms. The Balaban J connectivity index is 1.99. The minimum atomic E-state index is -4.54. The van der Waals surface area contributed by atoms with Gasteiger partial charge in [0.05, 0.1) is 21.9 Å². The summed E-state index contributed by atoms with van der Waals surface area (Å²) in [5.41, 5.74) is 4.38. The van der Waals surface area contributed by atoms with Gasteiger partial charge in [-0.3, -0.25) is 9.59 Å². The number of nitrogens with two attached hydrogens (primary N) is 1. The van der Waals surface area contributed by atoms with E-state index in [0.717, 1.165) is 29.2 Å². The van der Waals surface area contributed by atoms with E-state index in [2.05, 4.69) is 10.3 Å². The molecule has 0 saturated carbocycles. The van der Waals surface area contributed by atoms with E-state index in [1.807, 2.05) is 0 Å². The maximum absolute atomic E-state index is 12.5. The Kier molecular flexibility index (Phi) is 5.73. The lowest BCUT2D eigenvalue weighted by Crippen LogP contribution is -2.17. The minimum absolute atomic E-state index is 0.0983. The summed E-state index contributed by atoms with van der Waals surface area (Å²) in [5.74, 6) is -1.29. The van der Waals surface area contributed by atoms with Crippen LogP contribution in [0, 0.1) is 0 Å². The Hall–Kier alpha value is -1.78. The van der Waals surface area contributed by atoms with Gasteiger partial charge < -0.3 is 11.1 Å². The van der Waals surface area contributed by atoms with E-state index < -0.39 is 23.6 Å². The first kappa shape index (κ1) is 18.6. The first-order valence-electron chi connectivity index (χ1n) is 6.21. The average molecular weight is 396 g/mol. The fourth-order valence-corrected chi connectivity index (χ4v) is 3.39. The van der Waals surface area contributed by atoms with Crippen molar-refractivity contribution in [3.8, 4) is 0 Å². The molecule has 0 aromatic carbocycles. The van der Waals surface area contributed by atoms with Crippen molar-refractivity contribution in [3.05, 3.63) is 39.9 Å². The van der Waals surface area contributed by atoms with Crippen molar-refractivity contribution in [3.63, 3.8) is 0 Å². The average Bonchev–Trinajstić information content (AvgIpc) is 2.93. The molecule has 2 amide bonds. The molecule has 3 N–H and O–H groups in total. The van der Waals surface area contributed by atoms with Crippen LogP contribution >= 0.6 is 34.7 Å². The van der Waals surface area contributed by atoms with Crippen LogP contribution in [0.15, 0.2) is 28.7 Å². The molecule has 0 aliphatic heterocycles. The number of anilines is 1. The van der Waals surface area contributed by atoms with Crippen LogP contribution in [0.25, 0.3) is 0 Å². The summed E-state index contributed by atoms with van der Waals surface area (Å²) < 4.78 is 37.6. The van der Waals surface area contributed by atoms with Gasteiger partial charge in [0.25, 0.3) is 5.91 Å². The molecule has 0 radical (unpaired) electrons. The molecule has 2 aromatic heterocycles. The molecule has 5 nitrogen and oxygen atoms in total. The van der Waals surface area contributed by atoms with Gasteiger partial charge in [-0.15, -0.1) is 11.3 Å². The molecule has 0 unspecified atom stereocenters. The molecule has 2 aromatic rings. The van der Waals surface area contributed by atoms with Crippen molar-refractivity contribution in [2.75, 3.05) is 11.1 Å². The van der Waals surface area contributed by atoms with Crippen LogP contribution in [0.4, 0.5) is 18.2 Å². The summed E-state index contributed by atoms with van der Waals surface area (Å²) in [6.45, 7) is 0. The molecular weight excluding hydrogens is 387 g/mol. The molecule has 2 rings (SSSR count). The third kappa shape index (κ3) is 4.62. The molecule has 0 aliphatic rings. The molecular formula is C13H9ClF3N3O2S2. The first-order valence-corrected chi connectivity index (χ1v) is 8.45. The number of hydrogen-bond donors (Lipinski definition) is 2. The fraction of sp³-hybridized carbons (Fsp3) is 0.154. The van der Waals surface area contributed by atoms with Gasteiger partial charge >= 0.3 is 6.18 Å². The number of aromatic nitrogens is 1. The Morgan fingerprint density at radius 2 is 2.12 bits per heavy atom. The molecule has 0 spiro atoms. The number of nitrogens with zero attached hydrogens (tertiary/aromatic N) is 1. The number of thiophene rings is 1. The van der Waals surface area contributed by atoms with Gasteiger partial charge in [-0.25, -0.2) is 4.98 Å². The minimum Gasteiger partial charge on any atom is -0.366 e. The summed E-state index contributed by atoms with van der Waals surface area (Å²) in [6, 6.07) is 2.23. The predicted octanol–water partition coefficient (Wildman–Crippen LogP) is 3.65. The van der Waals surface area contributed by atoms with Gasteiger partial charge in [0, 0.05) is 6.20 Å².